The van der Waals surface area contributed by atoms with Gasteiger partial charge in [-0.2, -0.15) is 5.10 Å². The molecule has 4 rings (SSSR count). The van der Waals surface area contributed by atoms with Crippen LogP contribution < -0.4 is 5.32 Å². The molecule has 130 valence electrons. The molecule has 0 radical (unpaired) electrons. The fourth-order valence-corrected chi connectivity index (χ4v) is 3.92. The summed E-state index contributed by atoms with van der Waals surface area (Å²) in [7, 11) is 1.87. The first-order chi connectivity index (χ1) is 12.7. The molecular weight excluding hydrogens is 366 g/mol. The highest BCUT2D eigenvalue weighted by molar-refractivity contribution is 7.15. The summed E-state index contributed by atoms with van der Waals surface area (Å²) in [6.45, 7) is 0.410. The van der Waals surface area contributed by atoms with Crippen LogP contribution >= 0.6 is 22.7 Å². The molecule has 1 amide bonds. The maximum absolute atomic E-state index is 12.3. The van der Waals surface area contributed by atoms with Gasteiger partial charge in [-0.25, -0.2) is 4.98 Å². The molecule has 0 spiro atoms. The molecule has 0 fully saturated rings. The number of carbonyl (C=O) groups is 1. The SMILES string of the molecule is Cn1cc(-c2ccc(CNC(=O)c3nc(-c4cccs4)cs3)cn2)cn1. The van der Waals surface area contributed by atoms with E-state index in [4.69, 9.17) is 0 Å². The van der Waals surface area contributed by atoms with Crippen molar-refractivity contribution in [3.05, 3.63) is 64.2 Å². The average molecular weight is 381 g/mol. The van der Waals surface area contributed by atoms with Crippen LogP contribution in [-0.4, -0.2) is 25.7 Å². The lowest BCUT2D eigenvalue weighted by atomic mass is 10.2. The Morgan fingerprint density at radius 2 is 2.12 bits per heavy atom. The smallest absolute Gasteiger partial charge is 0.280 e. The molecule has 4 heterocycles. The fraction of sp³-hybridized carbons (Fsp3) is 0.111. The molecule has 1 N–H and O–H groups in total. The molecule has 0 saturated heterocycles. The number of aromatic nitrogens is 4. The van der Waals surface area contributed by atoms with Crippen molar-refractivity contribution < 1.29 is 4.79 Å². The van der Waals surface area contributed by atoms with Gasteiger partial charge in [-0.3, -0.25) is 14.5 Å². The Labute approximate surface area is 158 Å². The minimum absolute atomic E-state index is 0.172. The molecule has 26 heavy (non-hydrogen) atoms. The summed E-state index contributed by atoms with van der Waals surface area (Å²) in [4.78, 5) is 22.2. The molecule has 6 nitrogen and oxygen atoms in total. The van der Waals surface area contributed by atoms with E-state index in [-0.39, 0.29) is 5.91 Å². The Kier molecular flexibility index (Phi) is 4.59. The molecule has 0 unspecified atom stereocenters. The Morgan fingerprint density at radius 3 is 2.81 bits per heavy atom. The number of nitrogens with zero attached hydrogens (tertiary/aromatic N) is 4. The number of hydrogen-bond donors (Lipinski definition) is 1. The Bertz CT molecular complexity index is 1020. The highest BCUT2D eigenvalue weighted by Crippen LogP contribution is 2.26. The van der Waals surface area contributed by atoms with Crippen LogP contribution in [0.4, 0.5) is 0 Å². The van der Waals surface area contributed by atoms with E-state index >= 15 is 0 Å². The standard InChI is InChI=1S/C18H15N5OS2/c1-23-10-13(9-21-23)14-5-4-12(7-19-14)8-20-17(24)18-22-15(11-26-18)16-3-2-6-25-16/h2-7,9-11H,8H2,1H3,(H,20,24). The van der Waals surface area contributed by atoms with Crippen molar-refractivity contribution in [3.8, 4) is 21.8 Å². The topological polar surface area (TPSA) is 72.7 Å². The molecule has 0 aliphatic carbocycles. The van der Waals surface area contributed by atoms with Crippen molar-refractivity contribution in [2.24, 2.45) is 7.05 Å². The second-order valence-corrected chi connectivity index (χ2v) is 7.46. The largest absolute Gasteiger partial charge is 0.346 e. The highest BCUT2D eigenvalue weighted by atomic mass is 32.1. The predicted octanol–water partition coefficient (Wildman–Crippen LogP) is 3.60. The summed E-state index contributed by atoms with van der Waals surface area (Å²) >= 11 is 2.96. The minimum atomic E-state index is -0.172. The average Bonchev–Trinajstić information content (AvgIpc) is 3.40. The molecule has 0 aliphatic heterocycles. The second kappa shape index (κ2) is 7.19. The number of pyridine rings is 1. The van der Waals surface area contributed by atoms with Crippen molar-refractivity contribution in [1.29, 1.82) is 0 Å². The van der Waals surface area contributed by atoms with Crippen molar-refractivity contribution in [3.63, 3.8) is 0 Å². The Balaban J connectivity index is 1.38. The van der Waals surface area contributed by atoms with Crippen LogP contribution in [0.5, 0.6) is 0 Å². The van der Waals surface area contributed by atoms with Crippen LogP contribution in [-0.2, 0) is 13.6 Å². The van der Waals surface area contributed by atoms with Crippen LogP contribution in [0.1, 0.15) is 15.4 Å². The van der Waals surface area contributed by atoms with Gasteiger partial charge < -0.3 is 5.32 Å². The van der Waals surface area contributed by atoms with Crippen molar-refractivity contribution in [2.75, 3.05) is 0 Å². The third-order valence-electron chi connectivity index (χ3n) is 3.75. The van der Waals surface area contributed by atoms with Gasteiger partial charge in [0.15, 0.2) is 5.01 Å². The number of rotatable bonds is 5. The third kappa shape index (κ3) is 3.56. The molecule has 0 aromatic carbocycles. The number of thiazole rings is 1. The molecule has 4 aromatic heterocycles. The summed E-state index contributed by atoms with van der Waals surface area (Å²) in [6.07, 6.45) is 5.45. The number of carbonyl (C=O) groups excluding carboxylic acids is 1. The molecule has 4 aromatic rings. The summed E-state index contributed by atoms with van der Waals surface area (Å²) in [5, 5.41) is 11.4. The van der Waals surface area contributed by atoms with Crippen molar-refractivity contribution in [2.45, 2.75) is 6.54 Å². The first-order valence-corrected chi connectivity index (χ1v) is 9.66. The van der Waals surface area contributed by atoms with E-state index in [1.807, 2.05) is 48.3 Å². The van der Waals surface area contributed by atoms with Gasteiger partial charge in [0.2, 0.25) is 0 Å². The Morgan fingerprint density at radius 1 is 1.19 bits per heavy atom. The van der Waals surface area contributed by atoms with Gasteiger partial charge in [-0.05, 0) is 23.1 Å². The van der Waals surface area contributed by atoms with Crippen LogP contribution in [0.25, 0.3) is 21.8 Å². The number of aryl methyl sites for hydroxylation is 1. The van der Waals surface area contributed by atoms with Gasteiger partial charge in [0.25, 0.3) is 5.91 Å². The molecule has 0 atom stereocenters. The summed E-state index contributed by atoms with van der Waals surface area (Å²) in [5.74, 6) is -0.172. The quantitative estimate of drug-likeness (QED) is 0.573. The van der Waals surface area contributed by atoms with Crippen LogP contribution in [0, 0.1) is 0 Å². The fourth-order valence-electron chi connectivity index (χ4n) is 2.43. The zero-order valence-electron chi connectivity index (χ0n) is 13.9. The van der Waals surface area contributed by atoms with E-state index < -0.39 is 0 Å². The van der Waals surface area contributed by atoms with E-state index in [0.717, 1.165) is 27.4 Å². The van der Waals surface area contributed by atoms with E-state index in [0.29, 0.717) is 11.6 Å². The lowest BCUT2D eigenvalue weighted by Crippen LogP contribution is -2.22. The summed E-state index contributed by atoms with van der Waals surface area (Å²) in [5.41, 5.74) is 3.60. The number of nitrogens with one attached hydrogen (secondary N) is 1. The van der Waals surface area contributed by atoms with E-state index in [2.05, 4.69) is 20.4 Å². The lowest BCUT2D eigenvalue weighted by Gasteiger charge is -2.04. The summed E-state index contributed by atoms with van der Waals surface area (Å²) in [6, 6.07) is 7.85. The maximum Gasteiger partial charge on any atom is 0.280 e. The maximum atomic E-state index is 12.3. The zero-order chi connectivity index (χ0) is 17.9. The van der Waals surface area contributed by atoms with Gasteiger partial charge in [0.05, 0.1) is 22.5 Å². The van der Waals surface area contributed by atoms with Gasteiger partial charge >= 0.3 is 0 Å². The molecular formula is C18H15N5OS2. The first kappa shape index (κ1) is 16.6. The second-order valence-electron chi connectivity index (χ2n) is 5.65. The Hall–Kier alpha value is -2.84. The van der Waals surface area contributed by atoms with Crippen LogP contribution in [0.3, 0.4) is 0 Å². The van der Waals surface area contributed by atoms with Gasteiger partial charge in [0.1, 0.15) is 0 Å². The number of hydrogen-bond acceptors (Lipinski definition) is 6. The molecule has 8 heteroatoms. The molecule has 0 aliphatic rings. The van der Waals surface area contributed by atoms with Crippen molar-refractivity contribution >= 4 is 28.6 Å². The monoisotopic (exact) mass is 381 g/mol. The lowest BCUT2D eigenvalue weighted by molar-refractivity contribution is 0.0950. The van der Waals surface area contributed by atoms with E-state index in [1.54, 1.807) is 28.4 Å². The van der Waals surface area contributed by atoms with Crippen molar-refractivity contribution in [1.82, 2.24) is 25.1 Å². The minimum Gasteiger partial charge on any atom is -0.346 e. The van der Waals surface area contributed by atoms with E-state index in [1.165, 1.54) is 11.3 Å². The highest BCUT2D eigenvalue weighted by Gasteiger charge is 2.12. The predicted molar refractivity (Wildman–Crippen MR) is 103 cm³/mol. The van der Waals surface area contributed by atoms with Gasteiger partial charge in [-0.15, -0.1) is 22.7 Å². The molecule has 0 bridgehead atoms. The van der Waals surface area contributed by atoms with Gasteiger partial charge in [-0.1, -0.05) is 12.1 Å². The van der Waals surface area contributed by atoms with Crippen LogP contribution in [0.2, 0.25) is 0 Å². The normalized spacial score (nSPS) is 10.8. The third-order valence-corrected chi connectivity index (χ3v) is 5.48. The van der Waals surface area contributed by atoms with Gasteiger partial charge in [0, 0.05) is 36.9 Å². The van der Waals surface area contributed by atoms with Crippen LogP contribution in [0.15, 0.2) is 53.6 Å². The number of amides is 1. The first-order valence-electron chi connectivity index (χ1n) is 7.90. The number of thiophene rings is 1. The molecule has 0 saturated carbocycles. The van der Waals surface area contributed by atoms with E-state index in [9.17, 15) is 4.79 Å². The summed E-state index contributed by atoms with van der Waals surface area (Å²) < 4.78 is 1.74. The zero-order valence-corrected chi connectivity index (χ0v) is 15.5.